The van der Waals surface area contributed by atoms with E-state index in [2.05, 4.69) is 10.6 Å². The number of rotatable bonds is 9. The van der Waals surface area contributed by atoms with Crippen molar-refractivity contribution < 1.29 is 13.9 Å². The van der Waals surface area contributed by atoms with E-state index < -0.39 is 0 Å². The first-order valence-corrected chi connectivity index (χ1v) is 6.99. The molecule has 0 saturated carbocycles. The molecule has 5 heteroatoms. The lowest BCUT2D eigenvalue weighted by atomic mass is 10.2. The molecule has 0 aromatic heterocycles. The predicted molar refractivity (Wildman–Crippen MR) is 77.3 cm³/mol. The fourth-order valence-electron chi connectivity index (χ4n) is 1.74. The zero-order chi connectivity index (χ0) is 14.8. The minimum atomic E-state index is -0.326. The molecule has 112 valence electrons. The van der Waals surface area contributed by atoms with Crippen LogP contribution in [0.1, 0.15) is 26.2 Å². The van der Waals surface area contributed by atoms with Gasteiger partial charge in [-0.1, -0.05) is 13.0 Å². The third-order valence-electron chi connectivity index (χ3n) is 2.91. The zero-order valence-electron chi connectivity index (χ0n) is 12.1. The number of ether oxygens (including phenoxy) is 1. The van der Waals surface area contributed by atoms with E-state index in [0.717, 1.165) is 19.4 Å². The van der Waals surface area contributed by atoms with Crippen molar-refractivity contribution in [2.75, 3.05) is 20.1 Å². The molecule has 4 nitrogen and oxygen atoms in total. The minimum Gasteiger partial charge on any atom is -0.489 e. The molecule has 0 radical (unpaired) electrons. The quantitative estimate of drug-likeness (QED) is 0.682. The molecule has 1 rings (SSSR count). The number of carbonyl (C=O) groups excluding carboxylic acids is 1. The summed E-state index contributed by atoms with van der Waals surface area (Å²) in [6, 6.07) is 6.03. The summed E-state index contributed by atoms with van der Waals surface area (Å²) in [5.74, 6) is 0.177. The van der Waals surface area contributed by atoms with Crippen molar-refractivity contribution in [1.82, 2.24) is 10.6 Å². The number of amides is 1. The van der Waals surface area contributed by atoms with E-state index in [1.54, 1.807) is 12.1 Å². The summed E-state index contributed by atoms with van der Waals surface area (Å²) in [6.45, 7) is 3.23. The largest absolute Gasteiger partial charge is 0.489 e. The molecule has 1 atom stereocenters. The van der Waals surface area contributed by atoms with Crippen LogP contribution in [0, 0.1) is 5.82 Å². The first-order chi connectivity index (χ1) is 9.65. The van der Waals surface area contributed by atoms with Gasteiger partial charge in [-0.25, -0.2) is 4.39 Å². The van der Waals surface area contributed by atoms with Crippen LogP contribution >= 0.6 is 0 Å². The van der Waals surface area contributed by atoms with E-state index in [-0.39, 0.29) is 17.8 Å². The van der Waals surface area contributed by atoms with Gasteiger partial charge in [-0.15, -0.1) is 0 Å². The van der Waals surface area contributed by atoms with Gasteiger partial charge in [0.05, 0.1) is 6.54 Å². The summed E-state index contributed by atoms with van der Waals surface area (Å²) in [6.07, 6.45) is 1.90. The maximum absolute atomic E-state index is 13.1. The standard InChI is InChI=1S/C15H23FN2O2/c1-3-13(11-18-15(19)8-5-9-17-2)20-14-7-4-6-12(16)10-14/h4,6-7,10,13,17H,3,5,8-9,11H2,1-2H3,(H,18,19). The normalized spacial score (nSPS) is 11.9. The molecule has 0 bridgehead atoms. The molecule has 1 aromatic rings. The molecule has 0 heterocycles. The van der Waals surface area contributed by atoms with Crippen molar-refractivity contribution in [2.24, 2.45) is 0 Å². The molecular formula is C15H23FN2O2. The van der Waals surface area contributed by atoms with Crippen LogP contribution in [0.2, 0.25) is 0 Å². The molecule has 0 saturated heterocycles. The third-order valence-corrected chi connectivity index (χ3v) is 2.91. The fourth-order valence-corrected chi connectivity index (χ4v) is 1.74. The molecule has 0 aliphatic heterocycles. The van der Waals surface area contributed by atoms with Crippen molar-refractivity contribution in [3.8, 4) is 5.75 Å². The topological polar surface area (TPSA) is 50.4 Å². The fraction of sp³-hybridized carbons (Fsp3) is 0.533. The molecule has 1 unspecified atom stereocenters. The van der Waals surface area contributed by atoms with E-state index in [9.17, 15) is 9.18 Å². The lowest BCUT2D eigenvalue weighted by molar-refractivity contribution is -0.121. The van der Waals surface area contributed by atoms with Crippen molar-refractivity contribution in [3.05, 3.63) is 30.1 Å². The molecule has 0 fully saturated rings. The number of benzene rings is 1. The first kappa shape index (κ1) is 16.4. The van der Waals surface area contributed by atoms with Crippen LogP contribution in [-0.4, -0.2) is 32.1 Å². The lowest BCUT2D eigenvalue weighted by Crippen LogP contribution is -2.35. The van der Waals surface area contributed by atoms with Gasteiger partial charge in [-0.2, -0.15) is 0 Å². The second kappa shape index (κ2) is 9.31. The van der Waals surface area contributed by atoms with Gasteiger partial charge in [0.2, 0.25) is 5.91 Å². The highest BCUT2D eigenvalue weighted by atomic mass is 19.1. The van der Waals surface area contributed by atoms with Crippen molar-refractivity contribution >= 4 is 5.91 Å². The average Bonchev–Trinajstić information content (AvgIpc) is 2.43. The Bertz CT molecular complexity index is 413. The van der Waals surface area contributed by atoms with Crippen molar-refractivity contribution in [2.45, 2.75) is 32.3 Å². The minimum absolute atomic E-state index is 0.0153. The Kier molecular flexibility index (Phi) is 7.65. The highest BCUT2D eigenvalue weighted by molar-refractivity contribution is 5.75. The second-order valence-corrected chi connectivity index (χ2v) is 4.62. The number of hydrogen-bond donors (Lipinski definition) is 2. The molecule has 0 aliphatic carbocycles. The Hall–Kier alpha value is -1.62. The SMILES string of the molecule is CCC(CNC(=O)CCCNC)Oc1cccc(F)c1. The second-order valence-electron chi connectivity index (χ2n) is 4.62. The third kappa shape index (κ3) is 6.52. The average molecular weight is 282 g/mol. The van der Waals surface area contributed by atoms with Crippen LogP contribution < -0.4 is 15.4 Å². The Morgan fingerprint density at radius 2 is 2.25 bits per heavy atom. The van der Waals surface area contributed by atoms with Gasteiger partial charge < -0.3 is 15.4 Å². The monoisotopic (exact) mass is 282 g/mol. The van der Waals surface area contributed by atoms with Crippen LogP contribution in [0.4, 0.5) is 4.39 Å². The van der Waals surface area contributed by atoms with Gasteiger partial charge in [0.15, 0.2) is 0 Å². The zero-order valence-corrected chi connectivity index (χ0v) is 12.1. The summed E-state index contributed by atoms with van der Waals surface area (Å²) in [7, 11) is 1.86. The summed E-state index contributed by atoms with van der Waals surface area (Å²) < 4.78 is 18.7. The molecule has 1 aromatic carbocycles. The lowest BCUT2D eigenvalue weighted by Gasteiger charge is -2.18. The Morgan fingerprint density at radius 3 is 2.90 bits per heavy atom. The number of halogens is 1. The van der Waals surface area contributed by atoms with E-state index in [4.69, 9.17) is 4.74 Å². The Balaban J connectivity index is 2.34. The molecule has 1 amide bonds. The van der Waals surface area contributed by atoms with E-state index >= 15 is 0 Å². The van der Waals surface area contributed by atoms with Crippen LogP contribution in [0.5, 0.6) is 5.75 Å². The van der Waals surface area contributed by atoms with Gasteiger partial charge in [0.1, 0.15) is 17.7 Å². The predicted octanol–water partition coefficient (Wildman–Crippen LogP) is 2.10. The van der Waals surface area contributed by atoms with Gasteiger partial charge in [0, 0.05) is 12.5 Å². The van der Waals surface area contributed by atoms with E-state index in [1.807, 2.05) is 14.0 Å². The van der Waals surface area contributed by atoms with Crippen molar-refractivity contribution in [3.63, 3.8) is 0 Å². The smallest absolute Gasteiger partial charge is 0.220 e. The van der Waals surface area contributed by atoms with Crippen molar-refractivity contribution in [1.29, 1.82) is 0 Å². The molecule has 0 spiro atoms. The summed E-state index contributed by atoms with van der Waals surface area (Å²) >= 11 is 0. The van der Waals surface area contributed by atoms with Crippen LogP contribution in [0.25, 0.3) is 0 Å². The van der Waals surface area contributed by atoms with Crippen LogP contribution in [0.3, 0.4) is 0 Å². The number of carbonyl (C=O) groups is 1. The summed E-state index contributed by atoms with van der Waals surface area (Å²) in [4.78, 5) is 11.6. The van der Waals surface area contributed by atoms with Gasteiger partial charge >= 0.3 is 0 Å². The molecule has 0 aliphatic rings. The van der Waals surface area contributed by atoms with Gasteiger partial charge in [0.25, 0.3) is 0 Å². The number of hydrogen-bond acceptors (Lipinski definition) is 3. The van der Waals surface area contributed by atoms with Crippen LogP contribution in [-0.2, 0) is 4.79 Å². The Labute approximate surface area is 119 Å². The maximum atomic E-state index is 13.1. The Morgan fingerprint density at radius 1 is 1.45 bits per heavy atom. The number of nitrogens with one attached hydrogen (secondary N) is 2. The molecule has 20 heavy (non-hydrogen) atoms. The molecule has 2 N–H and O–H groups in total. The first-order valence-electron chi connectivity index (χ1n) is 6.99. The highest BCUT2D eigenvalue weighted by Gasteiger charge is 2.10. The maximum Gasteiger partial charge on any atom is 0.220 e. The van der Waals surface area contributed by atoms with Gasteiger partial charge in [-0.05, 0) is 38.6 Å². The highest BCUT2D eigenvalue weighted by Crippen LogP contribution is 2.14. The van der Waals surface area contributed by atoms with E-state index in [1.165, 1.54) is 12.1 Å². The summed E-state index contributed by atoms with van der Waals surface area (Å²) in [5, 5.41) is 5.84. The molecular weight excluding hydrogens is 259 g/mol. The van der Waals surface area contributed by atoms with E-state index in [0.29, 0.717) is 18.7 Å². The van der Waals surface area contributed by atoms with Crippen LogP contribution in [0.15, 0.2) is 24.3 Å². The van der Waals surface area contributed by atoms with Gasteiger partial charge in [-0.3, -0.25) is 4.79 Å². The summed E-state index contributed by atoms with van der Waals surface area (Å²) in [5.41, 5.74) is 0.